The number of nitrogens with zero attached hydrogens (tertiary/aromatic N) is 1. The average Bonchev–Trinajstić information content (AvgIpc) is 2.99. The summed E-state index contributed by atoms with van der Waals surface area (Å²) in [6, 6.07) is 10.8. The molecule has 2 aromatic rings. The number of carboxylic acids is 1. The quantitative estimate of drug-likeness (QED) is 0.675. The van der Waals surface area contributed by atoms with Crippen molar-refractivity contribution in [3.05, 3.63) is 40.8 Å². The Labute approximate surface area is 131 Å². The van der Waals surface area contributed by atoms with Gasteiger partial charge in [-0.25, -0.2) is 4.79 Å². The van der Waals surface area contributed by atoms with Crippen molar-refractivity contribution in [3.63, 3.8) is 0 Å². The molecule has 1 aromatic heterocycles. The Morgan fingerprint density at radius 3 is 2.64 bits per heavy atom. The number of carbonyl (C=O) groups is 1. The van der Waals surface area contributed by atoms with Crippen LogP contribution in [0.5, 0.6) is 11.5 Å². The van der Waals surface area contributed by atoms with Gasteiger partial charge in [0.1, 0.15) is 23.1 Å². The molecule has 0 aliphatic carbocycles. The molecule has 0 atom stereocenters. The molecule has 1 N–H and O–H groups in total. The number of hydrogen-bond acceptors (Lipinski definition) is 5. The van der Waals surface area contributed by atoms with Gasteiger partial charge < -0.3 is 14.6 Å². The van der Waals surface area contributed by atoms with Crippen molar-refractivity contribution in [3.8, 4) is 28.0 Å². The van der Waals surface area contributed by atoms with Crippen molar-refractivity contribution in [2.24, 2.45) is 0 Å². The van der Waals surface area contributed by atoms with E-state index in [0.717, 1.165) is 10.4 Å². The monoisotopic (exact) mass is 315 g/mol. The molecule has 0 spiro atoms. The van der Waals surface area contributed by atoms with Crippen molar-refractivity contribution in [1.82, 2.24) is 0 Å². The smallest absolute Gasteiger partial charge is 0.346 e. The third-order valence-corrected chi connectivity index (χ3v) is 4.00. The molecular formula is C16H13NO4S. The van der Waals surface area contributed by atoms with Gasteiger partial charge in [-0.1, -0.05) is 0 Å². The van der Waals surface area contributed by atoms with Crippen LogP contribution >= 0.6 is 11.3 Å². The van der Waals surface area contributed by atoms with E-state index < -0.39 is 5.97 Å². The van der Waals surface area contributed by atoms with E-state index >= 15 is 0 Å². The van der Waals surface area contributed by atoms with Crippen LogP contribution in [0.15, 0.2) is 35.9 Å². The summed E-state index contributed by atoms with van der Waals surface area (Å²) >= 11 is 1.38. The van der Waals surface area contributed by atoms with E-state index in [4.69, 9.17) is 19.8 Å². The van der Waals surface area contributed by atoms with Gasteiger partial charge in [0.15, 0.2) is 0 Å². The molecule has 0 aliphatic rings. The molecule has 1 heterocycles. The predicted molar refractivity (Wildman–Crippen MR) is 84.1 cm³/mol. The molecular weight excluding hydrogens is 302 g/mol. The lowest BCUT2D eigenvalue weighted by molar-refractivity contribution is -0.132. The van der Waals surface area contributed by atoms with E-state index in [2.05, 4.69) is 0 Å². The minimum absolute atomic E-state index is 0.296. The maximum Gasteiger partial charge on any atom is 0.346 e. The molecule has 0 bridgehead atoms. The van der Waals surface area contributed by atoms with E-state index in [-0.39, 0.29) is 5.57 Å². The fourth-order valence-corrected chi connectivity index (χ4v) is 2.84. The number of aliphatic carboxylic acids is 1. The van der Waals surface area contributed by atoms with Crippen LogP contribution in [-0.4, -0.2) is 25.3 Å². The summed E-state index contributed by atoms with van der Waals surface area (Å²) in [4.78, 5) is 12.5. The Bertz CT molecular complexity index is 771. The highest BCUT2D eigenvalue weighted by Crippen LogP contribution is 2.37. The van der Waals surface area contributed by atoms with Crippen LogP contribution in [-0.2, 0) is 4.79 Å². The van der Waals surface area contributed by atoms with Crippen molar-refractivity contribution in [2.45, 2.75) is 0 Å². The van der Waals surface area contributed by atoms with Gasteiger partial charge in [0.25, 0.3) is 0 Å². The minimum Gasteiger partial charge on any atom is -0.497 e. The number of nitriles is 1. The minimum atomic E-state index is -1.24. The summed E-state index contributed by atoms with van der Waals surface area (Å²) in [5.41, 5.74) is 0.580. The van der Waals surface area contributed by atoms with Gasteiger partial charge in [0.05, 0.1) is 14.2 Å². The average molecular weight is 315 g/mol. The number of benzene rings is 1. The van der Waals surface area contributed by atoms with E-state index in [9.17, 15) is 4.79 Å². The van der Waals surface area contributed by atoms with Crippen LogP contribution < -0.4 is 9.47 Å². The van der Waals surface area contributed by atoms with Crippen LogP contribution in [0, 0.1) is 11.3 Å². The molecule has 6 heteroatoms. The lowest BCUT2D eigenvalue weighted by Gasteiger charge is -2.08. The Hall–Kier alpha value is -2.78. The summed E-state index contributed by atoms with van der Waals surface area (Å²) in [6.45, 7) is 0. The van der Waals surface area contributed by atoms with Crippen LogP contribution in [0.1, 0.15) is 4.88 Å². The Morgan fingerprint density at radius 2 is 2.05 bits per heavy atom. The predicted octanol–water partition coefficient (Wildman–Crippen LogP) is 3.42. The number of rotatable bonds is 5. The summed E-state index contributed by atoms with van der Waals surface area (Å²) in [5.74, 6) is 0.116. The number of hydrogen-bond donors (Lipinski definition) is 1. The van der Waals surface area contributed by atoms with Crippen LogP contribution in [0.4, 0.5) is 0 Å². The van der Waals surface area contributed by atoms with Gasteiger partial charge >= 0.3 is 5.97 Å². The van der Waals surface area contributed by atoms with Crippen LogP contribution in [0.2, 0.25) is 0 Å². The zero-order valence-electron chi connectivity index (χ0n) is 12.0. The third kappa shape index (κ3) is 3.27. The number of thiophene rings is 1. The Balaban J connectivity index is 2.41. The molecule has 0 saturated heterocycles. The van der Waals surface area contributed by atoms with Crippen LogP contribution in [0.25, 0.3) is 16.5 Å². The highest BCUT2D eigenvalue weighted by Gasteiger charge is 2.11. The Morgan fingerprint density at radius 1 is 1.27 bits per heavy atom. The summed E-state index contributed by atoms with van der Waals surface area (Å²) in [5, 5.41) is 17.7. The first-order valence-corrected chi connectivity index (χ1v) is 7.08. The standard InChI is InChI=1S/C16H13NO4S/c1-20-11-3-5-13(14(8-11)21-2)15-6-4-12(22-15)7-10(9-17)16(18)19/h3-8H,1-2H3,(H,18,19). The summed E-state index contributed by atoms with van der Waals surface area (Å²) < 4.78 is 10.5. The van der Waals surface area contributed by atoms with Gasteiger partial charge in [-0.2, -0.15) is 5.26 Å². The molecule has 2 rings (SSSR count). The van der Waals surface area contributed by atoms with Gasteiger partial charge in [-0.15, -0.1) is 11.3 Å². The first-order valence-electron chi connectivity index (χ1n) is 6.26. The third-order valence-electron chi connectivity index (χ3n) is 2.94. The van der Waals surface area contributed by atoms with Gasteiger partial charge in [0, 0.05) is 21.4 Å². The molecule has 0 saturated carbocycles. The first-order chi connectivity index (χ1) is 10.6. The number of ether oxygens (including phenoxy) is 2. The van der Waals surface area contributed by atoms with Crippen molar-refractivity contribution in [1.29, 1.82) is 5.26 Å². The summed E-state index contributed by atoms with van der Waals surface area (Å²) in [7, 11) is 3.16. The zero-order chi connectivity index (χ0) is 16.1. The number of methoxy groups -OCH3 is 2. The highest BCUT2D eigenvalue weighted by molar-refractivity contribution is 7.16. The molecule has 0 amide bonds. The first kappa shape index (κ1) is 15.6. The SMILES string of the molecule is COc1ccc(-c2ccc(C=C(C#N)C(=O)O)s2)c(OC)c1. The highest BCUT2D eigenvalue weighted by atomic mass is 32.1. The van der Waals surface area contributed by atoms with Gasteiger partial charge in [0.2, 0.25) is 0 Å². The van der Waals surface area contributed by atoms with Crippen molar-refractivity contribution >= 4 is 23.4 Å². The topological polar surface area (TPSA) is 79.5 Å². The van der Waals surface area contributed by atoms with E-state index in [1.54, 1.807) is 32.4 Å². The van der Waals surface area contributed by atoms with E-state index in [1.807, 2.05) is 18.2 Å². The number of carboxylic acid groups (broad SMARTS) is 1. The second kappa shape index (κ2) is 6.78. The normalized spacial score (nSPS) is 10.9. The molecule has 0 unspecified atom stereocenters. The van der Waals surface area contributed by atoms with E-state index in [1.165, 1.54) is 17.4 Å². The van der Waals surface area contributed by atoms with Gasteiger partial charge in [-0.05, 0) is 30.3 Å². The molecule has 0 aliphatic heterocycles. The van der Waals surface area contributed by atoms with E-state index in [0.29, 0.717) is 16.4 Å². The largest absolute Gasteiger partial charge is 0.497 e. The zero-order valence-corrected chi connectivity index (χ0v) is 12.8. The second-order valence-corrected chi connectivity index (χ2v) is 5.36. The van der Waals surface area contributed by atoms with Crippen molar-refractivity contribution in [2.75, 3.05) is 14.2 Å². The molecule has 1 aromatic carbocycles. The molecule has 112 valence electrons. The Kier molecular flexibility index (Phi) is 4.81. The molecule has 5 nitrogen and oxygen atoms in total. The fraction of sp³-hybridized carbons (Fsp3) is 0.125. The molecule has 22 heavy (non-hydrogen) atoms. The maximum absolute atomic E-state index is 10.9. The second-order valence-electron chi connectivity index (χ2n) is 4.24. The van der Waals surface area contributed by atoms with Crippen LogP contribution in [0.3, 0.4) is 0 Å². The maximum atomic E-state index is 10.9. The molecule has 0 fully saturated rings. The van der Waals surface area contributed by atoms with Gasteiger partial charge in [-0.3, -0.25) is 0 Å². The molecule has 0 radical (unpaired) electrons. The van der Waals surface area contributed by atoms with Crippen molar-refractivity contribution < 1.29 is 19.4 Å². The fourth-order valence-electron chi connectivity index (χ4n) is 1.86. The lowest BCUT2D eigenvalue weighted by atomic mass is 10.1. The lowest BCUT2D eigenvalue weighted by Crippen LogP contribution is -1.96. The summed E-state index contributed by atoms with van der Waals surface area (Å²) in [6.07, 6.45) is 1.35.